The largest absolute Gasteiger partial charge is 0.497 e. The van der Waals surface area contributed by atoms with Gasteiger partial charge in [0.1, 0.15) is 5.75 Å². The molecule has 0 aromatic heterocycles. The van der Waals surface area contributed by atoms with Crippen molar-refractivity contribution in [2.75, 3.05) is 34.3 Å². The third-order valence-electron chi connectivity index (χ3n) is 4.98. The van der Waals surface area contributed by atoms with Crippen LogP contribution in [0.1, 0.15) is 30.0 Å². The fourth-order valence-corrected chi connectivity index (χ4v) is 3.99. The van der Waals surface area contributed by atoms with Crippen molar-refractivity contribution in [2.24, 2.45) is 5.73 Å². The van der Waals surface area contributed by atoms with Crippen LogP contribution < -0.4 is 10.5 Å². The standard InChI is InChI=1S/C17H27N3O/c1-19(2)11-13-5-4-8-20(13)16-9-12-6-7-14(21-3)10-15(12)17(16)18/h6-7,10,13,16-17H,4-5,8-9,11,18H2,1-3H3. The number of hydrogen-bond donors (Lipinski definition) is 1. The molecule has 1 aliphatic heterocycles. The molecule has 21 heavy (non-hydrogen) atoms. The minimum Gasteiger partial charge on any atom is -0.497 e. The Morgan fingerprint density at radius 1 is 1.38 bits per heavy atom. The second-order valence-corrected chi connectivity index (χ2v) is 6.66. The summed E-state index contributed by atoms with van der Waals surface area (Å²) in [5.41, 5.74) is 9.24. The van der Waals surface area contributed by atoms with Crippen LogP contribution in [0.25, 0.3) is 0 Å². The van der Waals surface area contributed by atoms with Gasteiger partial charge < -0.3 is 15.4 Å². The minimum absolute atomic E-state index is 0.109. The van der Waals surface area contributed by atoms with Gasteiger partial charge in [-0.1, -0.05) is 6.07 Å². The lowest BCUT2D eigenvalue weighted by atomic mass is 10.1. The van der Waals surface area contributed by atoms with Crippen molar-refractivity contribution in [1.82, 2.24) is 9.80 Å². The molecule has 4 heteroatoms. The first-order chi connectivity index (χ1) is 10.1. The molecule has 0 amide bonds. The molecule has 1 heterocycles. The Morgan fingerprint density at radius 2 is 2.19 bits per heavy atom. The maximum absolute atomic E-state index is 6.58. The van der Waals surface area contributed by atoms with E-state index < -0.39 is 0 Å². The summed E-state index contributed by atoms with van der Waals surface area (Å²) in [6.07, 6.45) is 3.66. The Hall–Kier alpha value is -1.10. The number of likely N-dealkylation sites (tertiary alicyclic amines) is 1. The second-order valence-electron chi connectivity index (χ2n) is 6.66. The minimum atomic E-state index is 0.109. The molecular formula is C17H27N3O. The lowest BCUT2D eigenvalue weighted by Crippen LogP contribution is -2.47. The number of fused-ring (bicyclic) bond motifs is 1. The van der Waals surface area contributed by atoms with Gasteiger partial charge in [0, 0.05) is 24.7 Å². The fourth-order valence-electron chi connectivity index (χ4n) is 3.99. The molecule has 0 radical (unpaired) electrons. The van der Waals surface area contributed by atoms with Gasteiger partial charge in [-0.3, -0.25) is 4.90 Å². The van der Waals surface area contributed by atoms with E-state index in [1.54, 1.807) is 7.11 Å². The normalized spacial score (nSPS) is 29.1. The predicted molar refractivity (Wildman–Crippen MR) is 85.7 cm³/mol. The lowest BCUT2D eigenvalue weighted by Gasteiger charge is -2.34. The van der Waals surface area contributed by atoms with Crippen LogP contribution in [0, 0.1) is 0 Å². The van der Waals surface area contributed by atoms with E-state index in [2.05, 4.69) is 42.1 Å². The summed E-state index contributed by atoms with van der Waals surface area (Å²) in [4.78, 5) is 4.94. The highest BCUT2D eigenvalue weighted by Gasteiger charge is 2.39. The molecule has 0 saturated carbocycles. The van der Waals surface area contributed by atoms with Gasteiger partial charge in [-0.25, -0.2) is 0 Å². The summed E-state index contributed by atoms with van der Waals surface area (Å²) in [5.74, 6) is 0.913. The Morgan fingerprint density at radius 3 is 2.90 bits per heavy atom. The van der Waals surface area contributed by atoms with Gasteiger partial charge in [-0.05, 0) is 63.2 Å². The van der Waals surface area contributed by atoms with Crippen LogP contribution in [0.2, 0.25) is 0 Å². The zero-order valence-corrected chi connectivity index (χ0v) is 13.4. The average molecular weight is 289 g/mol. The number of ether oxygens (including phenoxy) is 1. The molecular weight excluding hydrogens is 262 g/mol. The van der Waals surface area contributed by atoms with Gasteiger partial charge in [-0.15, -0.1) is 0 Å². The third kappa shape index (κ3) is 2.80. The first-order valence-corrected chi connectivity index (χ1v) is 7.93. The van der Waals surface area contributed by atoms with E-state index in [0.717, 1.165) is 18.7 Å². The Kier molecular flexibility index (Phi) is 4.20. The molecule has 0 spiro atoms. The first kappa shape index (κ1) is 14.8. The van der Waals surface area contributed by atoms with E-state index >= 15 is 0 Å². The topological polar surface area (TPSA) is 41.7 Å². The van der Waals surface area contributed by atoms with Crippen molar-refractivity contribution < 1.29 is 4.74 Å². The number of nitrogens with zero attached hydrogens (tertiary/aromatic N) is 2. The molecule has 1 aliphatic carbocycles. The number of likely N-dealkylation sites (N-methyl/N-ethyl adjacent to an activating group) is 1. The number of methoxy groups -OCH3 is 1. The molecule has 3 atom stereocenters. The molecule has 1 aromatic carbocycles. The quantitative estimate of drug-likeness (QED) is 0.915. The van der Waals surface area contributed by atoms with E-state index in [-0.39, 0.29) is 6.04 Å². The smallest absolute Gasteiger partial charge is 0.119 e. The predicted octanol–water partition coefficient (Wildman–Crippen LogP) is 1.65. The van der Waals surface area contributed by atoms with Crippen molar-refractivity contribution in [3.63, 3.8) is 0 Å². The third-order valence-corrected chi connectivity index (χ3v) is 4.98. The SMILES string of the molecule is COc1ccc2c(c1)C(N)C(N1CCCC1CN(C)C)C2. The highest BCUT2D eigenvalue weighted by Crippen LogP contribution is 2.37. The average Bonchev–Trinajstić information content (AvgIpc) is 3.03. The summed E-state index contributed by atoms with van der Waals surface area (Å²) in [5, 5.41) is 0. The fraction of sp³-hybridized carbons (Fsp3) is 0.647. The number of rotatable bonds is 4. The van der Waals surface area contributed by atoms with Crippen LogP contribution in [0.5, 0.6) is 5.75 Å². The van der Waals surface area contributed by atoms with E-state index in [1.807, 2.05) is 0 Å². The van der Waals surface area contributed by atoms with Crippen LogP contribution in [0.15, 0.2) is 18.2 Å². The Bertz CT molecular complexity index is 503. The van der Waals surface area contributed by atoms with Crippen LogP contribution in [0.3, 0.4) is 0 Å². The van der Waals surface area contributed by atoms with Gasteiger partial charge in [-0.2, -0.15) is 0 Å². The first-order valence-electron chi connectivity index (χ1n) is 7.93. The van der Waals surface area contributed by atoms with Crippen molar-refractivity contribution in [3.8, 4) is 5.75 Å². The van der Waals surface area contributed by atoms with Gasteiger partial charge in [0.05, 0.1) is 7.11 Å². The van der Waals surface area contributed by atoms with Gasteiger partial charge in [0.25, 0.3) is 0 Å². The number of benzene rings is 1. The van der Waals surface area contributed by atoms with Gasteiger partial charge in [0.15, 0.2) is 0 Å². The van der Waals surface area contributed by atoms with Crippen LogP contribution in [0.4, 0.5) is 0 Å². The van der Waals surface area contributed by atoms with Crippen LogP contribution >= 0.6 is 0 Å². The molecule has 1 fully saturated rings. The Labute approximate surface area is 127 Å². The zero-order valence-electron chi connectivity index (χ0n) is 13.4. The summed E-state index contributed by atoms with van der Waals surface area (Å²) in [6, 6.07) is 7.56. The van der Waals surface area contributed by atoms with Crippen molar-refractivity contribution >= 4 is 0 Å². The molecule has 1 saturated heterocycles. The molecule has 0 bridgehead atoms. The van der Waals surface area contributed by atoms with Gasteiger partial charge in [0.2, 0.25) is 0 Å². The summed E-state index contributed by atoms with van der Waals surface area (Å²) in [6.45, 7) is 2.31. The summed E-state index contributed by atoms with van der Waals surface area (Å²) < 4.78 is 5.35. The van der Waals surface area contributed by atoms with E-state index in [0.29, 0.717) is 12.1 Å². The second kappa shape index (κ2) is 5.95. The molecule has 1 aromatic rings. The van der Waals surface area contributed by atoms with E-state index in [1.165, 1.54) is 30.5 Å². The highest BCUT2D eigenvalue weighted by atomic mass is 16.5. The molecule has 2 aliphatic rings. The Balaban J connectivity index is 1.79. The zero-order chi connectivity index (χ0) is 15.0. The lowest BCUT2D eigenvalue weighted by molar-refractivity contribution is 0.140. The highest BCUT2D eigenvalue weighted by molar-refractivity contribution is 5.42. The van der Waals surface area contributed by atoms with Crippen LogP contribution in [-0.4, -0.2) is 56.2 Å². The molecule has 4 nitrogen and oxygen atoms in total. The van der Waals surface area contributed by atoms with E-state index in [4.69, 9.17) is 10.5 Å². The van der Waals surface area contributed by atoms with Gasteiger partial charge >= 0.3 is 0 Å². The maximum atomic E-state index is 6.58. The van der Waals surface area contributed by atoms with Crippen molar-refractivity contribution in [2.45, 2.75) is 37.4 Å². The number of hydrogen-bond acceptors (Lipinski definition) is 4. The summed E-state index contributed by atoms with van der Waals surface area (Å²) in [7, 11) is 6.03. The van der Waals surface area contributed by atoms with Crippen LogP contribution in [-0.2, 0) is 6.42 Å². The van der Waals surface area contributed by atoms with Crippen molar-refractivity contribution in [3.05, 3.63) is 29.3 Å². The number of nitrogens with two attached hydrogens (primary N) is 1. The molecule has 2 N–H and O–H groups in total. The maximum Gasteiger partial charge on any atom is 0.119 e. The molecule has 116 valence electrons. The van der Waals surface area contributed by atoms with E-state index in [9.17, 15) is 0 Å². The van der Waals surface area contributed by atoms with Crippen molar-refractivity contribution in [1.29, 1.82) is 0 Å². The summed E-state index contributed by atoms with van der Waals surface area (Å²) >= 11 is 0. The monoisotopic (exact) mass is 289 g/mol. The molecule has 3 unspecified atom stereocenters. The molecule has 3 rings (SSSR count).